The van der Waals surface area contributed by atoms with E-state index in [4.69, 9.17) is 28.1 Å². The third-order valence-corrected chi connectivity index (χ3v) is 10.7. The molecule has 0 spiro atoms. The van der Waals surface area contributed by atoms with Gasteiger partial charge in [0.1, 0.15) is 23.4 Å². The van der Waals surface area contributed by atoms with Crippen molar-refractivity contribution >= 4 is 35.4 Å². The minimum Gasteiger partial charge on any atom is -0.474 e. The number of carbonyl (C=O) groups is 4. The SMILES string of the molecule is C=CCC[C@@](O)(c1nnc(-c2nc(O[C@H](C)CC=C)c(C)cc2NC(=O)OC(C)(C)C)o1)C(F)(F)F.C=CCC[C@@](OCc1ccccc1)(C(=O)NNC(=O)c1nc(O[C@H](C)CC=C)c(C)cc1NC(=O)OC(C)(C)C)C(F)(F)F. The number of nitrogens with one attached hydrogen (secondary N) is 4. The van der Waals surface area contributed by atoms with Crippen molar-refractivity contribution in [2.45, 2.75) is 161 Å². The number of hydrogen-bond donors (Lipinski definition) is 5. The van der Waals surface area contributed by atoms with Crippen LogP contribution in [0.2, 0.25) is 0 Å². The van der Waals surface area contributed by atoms with Gasteiger partial charge in [-0.15, -0.1) is 36.5 Å². The number of allylic oxidation sites excluding steroid dienone is 2. The fourth-order valence-corrected chi connectivity index (χ4v) is 6.86. The highest BCUT2D eigenvalue weighted by Gasteiger charge is 2.62. The average Bonchev–Trinajstić information content (AvgIpc) is 3.84. The molecule has 438 valence electrons. The molecule has 1 aromatic carbocycles. The van der Waals surface area contributed by atoms with E-state index in [0.29, 0.717) is 29.5 Å². The van der Waals surface area contributed by atoms with E-state index in [1.54, 1.807) is 112 Å². The second-order valence-corrected chi connectivity index (χ2v) is 20.1. The quantitative estimate of drug-likeness (QED) is 0.0263. The first-order valence-electron chi connectivity index (χ1n) is 24.9. The molecule has 19 nitrogen and oxygen atoms in total. The summed E-state index contributed by atoms with van der Waals surface area (Å²) >= 11 is 0. The Labute approximate surface area is 460 Å². The molecule has 25 heteroatoms. The molecular formula is C55H70F6N8O11. The number of rotatable bonds is 23. The number of aliphatic hydroxyl groups is 1. The van der Waals surface area contributed by atoms with Crippen molar-refractivity contribution in [3.63, 3.8) is 0 Å². The lowest BCUT2D eigenvalue weighted by Crippen LogP contribution is -2.61. The van der Waals surface area contributed by atoms with Crippen molar-refractivity contribution in [3.05, 3.63) is 121 Å². The van der Waals surface area contributed by atoms with Crippen LogP contribution in [-0.2, 0) is 31.2 Å². The summed E-state index contributed by atoms with van der Waals surface area (Å²) in [5.74, 6) is -4.20. The molecular weight excluding hydrogens is 1060 g/mol. The number of anilines is 2. The van der Waals surface area contributed by atoms with Crippen LogP contribution in [0.1, 0.15) is 127 Å². The summed E-state index contributed by atoms with van der Waals surface area (Å²) in [7, 11) is 0. The van der Waals surface area contributed by atoms with E-state index in [1.807, 2.05) is 10.9 Å². The Kier molecular flexibility index (Phi) is 23.6. The highest BCUT2D eigenvalue weighted by molar-refractivity contribution is 6.02. The Hall–Kier alpha value is -7.80. The highest BCUT2D eigenvalue weighted by atomic mass is 19.4. The van der Waals surface area contributed by atoms with Crippen molar-refractivity contribution in [1.82, 2.24) is 31.0 Å². The molecule has 4 aromatic rings. The Balaban J connectivity index is 0.000000429. The van der Waals surface area contributed by atoms with E-state index in [2.05, 4.69) is 57.1 Å². The van der Waals surface area contributed by atoms with Gasteiger partial charge in [-0.05, 0) is 113 Å². The zero-order valence-corrected chi connectivity index (χ0v) is 46.4. The predicted molar refractivity (Wildman–Crippen MR) is 285 cm³/mol. The molecule has 0 radical (unpaired) electrons. The normalized spacial score (nSPS) is 14.0. The molecule has 5 N–H and O–H groups in total. The summed E-state index contributed by atoms with van der Waals surface area (Å²) in [5, 5.41) is 22.5. The number of aromatic nitrogens is 4. The Morgan fingerprint density at radius 1 is 0.688 bits per heavy atom. The lowest BCUT2D eigenvalue weighted by atomic mass is 9.95. The number of nitrogens with zero attached hydrogens (tertiary/aromatic N) is 4. The van der Waals surface area contributed by atoms with Crippen molar-refractivity contribution in [2.75, 3.05) is 10.6 Å². The minimum absolute atomic E-state index is 0.0207. The molecule has 0 aliphatic carbocycles. The zero-order valence-electron chi connectivity index (χ0n) is 46.4. The fraction of sp³-hybridized carbons (Fsp3) is 0.455. The number of halogens is 6. The molecule has 0 aliphatic rings. The molecule has 0 bridgehead atoms. The van der Waals surface area contributed by atoms with Crippen molar-refractivity contribution in [2.24, 2.45) is 0 Å². The number of amides is 4. The fourth-order valence-electron chi connectivity index (χ4n) is 6.86. The van der Waals surface area contributed by atoms with Crippen LogP contribution >= 0.6 is 0 Å². The van der Waals surface area contributed by atoms with Crippen LogP contribution in [0.5, 0.6) is 11.8 Å². The van der Waals surface area contributed by atoms with E-state index in [1.165, 1.54) is 24.3 Å². The van der Waals surface area contributed by atoms with E-state index in [0.717, 1.165) is 0 Å². The highest BCUT2D eigenvalue weighted by Crippen LogP contribution is 2.44. The molecule has 4 amide bonds. The first-order chi connectivity index (χ1) is 37.1. The zero-order chi connectivity index (χ0) is 60.4. The van der Waals surface area contributed by atoms with Gasteiger partial charge in [-0.1, -0.05) is 54.6 Å². The molecule has 4 rings (SSSR count). The van der Waals surface area contributed by atoms with E-state index >= 15 is 0 Å². The second-order valence-electron chi connectivity index (χ2n) is 20.1. The van der Waals surface area contributed by atoms with Gasteiger partial charge in [0.15, 0.2) is 11.4 Å². The van der Waals surface area contributed by atoms with Crippen LogP contribution in [0.4, 0.5) is 47.3 Å². The topological polar surface area (TPSA) is 247 Å². The summed E-state index contributed by atoms with van der Waals surface area (Å²) < 4.78 is 117. The minimum atomic E-state index is -5.17. The van der Waals surface area contributed by atoms with Crippen molar-refractivity contribution in [3.8, 4) is 23.3 Å². The van der Waals surface area contributed by atoms with Gasteiger partial charge in [-0.3, -0.25) is 31.1 Å². The number of carbonyl (C=O) groups excluding carboxylic acids is 4. The first kappa shape index (κ1) is 66.5. The monoisotopic (exact) mass is 1130 g/mol. The van der Waals surface area contributed by atoms with Gasteiger partial charge in [-0.2, -0.15) is 26.3 Å². The molecule has 3 aromatic heterocycles. The maximum Gasteiger partial charge on any atom is 0.426 e. The van der Waals surface area contributed by atoms with Crippen LogP contribution in [0.25, 0.3) is 11.6 Å². The van der Waals surface area contributed by atoms with Gasteiger partial charge in [-0.25, -0.2) is 19.6 Å². The van der Waals surface area contributed by atoms with Crippen LogP contribution in [0.3, 0.4) is 0 Å². The molecule has 80 heavy (non-hydrogen) atoms. The summed E-state index contributed by atoms with van der Waals surface area (Å²) in [6.07, 6.45) is -8.03. The summed E-state index contributed by atoms with van der Waals surface area (Å²) in [4.78, 5) is 59.9. The average molecular weight is 1130 g/mol. The van der Waals surface area contributed by atoms with Gasteiger partial charge >= 0.3 is 24.5 Å². The Morgan fingerprint density at radius 3 is 1.68 bits per heavy atom. The molecule has 0 fully saturated rings. The number of hydrazine groups is 1. The van der Waals surface area contributed by atoms with Gasteiger partial charge in [0.05, 0.1) is 18.0 Å². The van der Waals surface area contributed by atoms with Crippen LogP contribution < -0.4 is 31.0 Å². The lowest BCUT2D eigenvalue weighted by Gasteiger charge is -2.34. The van der Waals surface area contributed by atoms with E-state index in [-0.39, 0.29) is 47.8 Å². The standard InChI is InChI=1S/C31H39F3N4O6.C24H31F3N4O5/c1-8-10-17-30(31(32,33)34,42-19-22-15-12-11-13-16-22)27(40)38-37-25(39)24-23(35-28(41)44-29(5,6)7)18-20(3)26(36-24)43-21(4)14-9-2;1-8-10-12-23(33,24(25,26)27)20-31-30-19(35-20)17-16(28-21(32)36-22(5,6)7)13-14(3)18(29-17)34-15(4)11-9-2/h8-9,11-13,15-16,18,21H,1-2,10,14,17,19H2,3-7H3,(H,35,41)(H,37,39)(H,38,40);8-9,13,15,33H,1-2,10-12H2,3-7H3,(H,28,32)/t21-,30-;15-,23-/m11/s1. The third kappa shape index (κ3) is 19.2. The Morgan fingerprint density at radius 2 is 1.19 bits per heavy atom. The molecule has 0 saturated carbocycles. The smallest absolute Gasteiger partial charge is 0.426 e. The van der Waals surface area contributed by atoms with Gasteiger partial charge in [0.2, 0.25) is 23.0 Å². The van der Waals surface area contributed by atoms with Crippen LogP contribution in [0.15, 0.2) is 97.5 Å². The maximum absolute atomic E-state index is 14.5. The molecule has 3 heterocycles. The van der Waals surface area contributed by atoms with Gasteiger partial charge < -0.3 is 33.2 Å². The molecule has 0 saturated heterocycles. The lowest BCUT2D eigenvalue weighted by molar-refractivity contribution is -0.276. The number of alkyl halides is 6. The summed E-state index contributed by atoms with van der Waals surface area (Å²) in [5.41, 5.74) is -4.03. The van der Waals surface area contributed by atoms with E-state index in [9.17, 15) is 50.6 Å². The Bertz CT molecular complexity index is 2800. The number of hydrogen-bond acceptors (Lipinski definition) is 15. The second kappa shape index (κ2) is 28.4. The predicted octanol–water partition coefficient (Wildman–Crippen LogP) is 12.2. The van der Waals surface area contributed by atoms with Gasteiger partial charge in [0, 0.05) is 24.0 Å². The number of pyridine rings is 2. The maximum atomic E-state index is 14.5. The number of ether oxygens (including phenoxy) is 5. The van der Waals surface area contributed by atoms with Gasteiger partial charge in [0.25, 0.3) is 23.6 Å². The number of aryl methyl sites for hydroxylation is 2. The molecule has 4 atom stereocenters. The summed E-state index contributed by atoms with van der Waals surface area (Å²) in [6, 6.07) is 10.9. The van der Waals surface area contributed by atoms with Crippen LogP contribution in [0, 0.1) is 13.8 Å². The molecule has 0 unspecified atom stereocenters. The number of benzene rings is 1. The first-order valence-corrected chi connectivity index (χ1v) is 24.9. The third-order valence-electron chi connectivity index (χ3n) is 10.7. The van der Waals surface area contributed by atoms with E-state index < -0.39 is 102 Å². The van der Waals surface area contributed by atoms with Crippen molar-refractivity contribution < 1.29 is 78.7 Å². The molecule has 0 aliphatic heterocycles. The largest absolute Gasteiger partial charge is 0.474 e. The summed E-state index contributed by atoms with van der Waals surface area (Å²) in [6.45, 7) is 30.3. The van der Waals surface area contributed by atoms with Crippen LogP contribution in [-0.4, -0.2) is 90.6 Å². The van der Waals surface area contributed by atoms with Crippen molar-refractivity contribution in [1.29, 1.82) is 0 Å².